The first-order valence-electron chi connectivity index (χ1n) is 8.67. The van der Waals surface area contributed by atoms with Gasteiger partial charge in [-0.15, -0.1) is 0 Å². The molecule has 0 spiro atoms. The van der Waals surface area contributed by atoms with Gasteiger partial charge in [0.05, 0.1) is 0 Å². The van der Waals surface area contributed by atoms with Crippen LogP contribution in [-0.2, 0) is 11.4 Å². The van der Waals surface area contributed by atoms with Crippen LogP contribution in [0.15, 0.2) is 59.3 Å². The number of carbonyl (C=O) groups excluding carboxylic acids is 1. The molecule has 0 aliphatic heterocycles. The highest BCUT2D eigenvalue weighted by molar-refractivity contribution is 7.98. The van der Waals surface area contributed by atoms with E-state index < -0.39 is 5.91 Å². The van der Waals surface area contributed by atoms with Crippen molar-refractivity contribution in [1.29, 1.82) is 5.26 Å². The van der Waals surface area contributed by atoms with Crippen LogP contribution in [-0.4, -0.2) is 21.5 Å². The van der Waals surface area contributed by atoms with Crippen LogP contribution in [0.25, 0.3) is 6.08 Å². The van der Waals surface area contributed by atoms with Crippen molar-refractivity contribution in [3.63, 3.8) is 0 Å². The van der Waals surface area contributed by atoms with Crippen LogP contribution >= 0.6 is 23.3 Å². The number of nitrogens with zero attached hydrogens (tertiary/aromatic N) is 3. The molecular formula is C21H18N4O2S2. The summed E-state index contributed by atoms with van der Waals surface area (Å²) in [7, 11) is 0. The number of amides is 1. The standard InChI is InChI=1S/C21H18N4O2S2/c1-14-5-3-4-6-16(14)13-27-18-9-7-15(8-10-18)11-17(12-22)19(26)23-20-24-21(28-2)25-29-20/h3-11H,13H2,1-2H3,(H,23,24,25,26)/b17-11-. The van der Waals surface area contributed by atoms with Crippen LogP contribution in [0.4, 0.5) is 5.13 Å². The van der Waals surface area contributed by atoms with Crippen LogP contribution in [0.1, 0.15) is 16.7 Å². The Balaban J connectivity index is 1.64. The monoisotopic (exact) mass is 422 g/mol. The minimum absolute atomic E-state index is 0.0144. The number of hydrogen-bond donors (Lipinski definition) is 1. The lowest BCUT2D eigenvalue weighted by molar-refractivity contribution is -0.112. The first kappa shape index (κ1) is 20.6. The van der Waals surface area contributed by atoms with Crippen LogP contribution in [0.3, 0.4) is 0 Å². The number of anilines is 1. The van der Waals surface area contributed by atoms with Gasteiger partial charge < -0.3 is 4.74 Å². The Morgan fingerprint density at radius 1 is 1.28 bits per heavy atom. The van der Waals surface area contributed by atoms with E-state index in [1.54, 1.807) is 12.1 Å². The number of nitriles is 1. The zero-order valence-electron chi connectivity index (χ0n) is 15.9. The van der Waals surface area contributed by atoms with Gasteiger partial charge in [0.1, 0.15) is 24.0 Å². The number of aromatic nitrogens is 2. The molecule has 6 nitrogen and oxygen atoms in total. The fourth-order valence-electron chi connectivity index (χ4n) is 2.42. The molecule has 0 saturated heterocycles. The molecule has 1 heterocycles. The third-order valence-corrected chi connectivity index (χ3v) is 5.32. The minimum Gasteiger partial charge on any atom is -0.489 e. The third kappa shape index (κ3) is 5.67. The first-order valence-corrected chi connectivity index (χ1v) is 10.7. The molecule has 8 heteroatoms. The number of ether oxygens (including phenoxy) is 1. The minimum atomic E-state index is -0.517. The predicted molar refractivity (Wildman–Crippen MR) is 116 cm³/mol. The summed E-state index contributed by atoms with van der Waals surface area (Å²) in [6.07, 6.45) is 3.37. The van der Waals surface area contributed by atoms with E-state index in [0.717, 1.165) is 22.7 Å². The van der Waals surface area contributed by atoms with E-state index in [0.29, 0.717) is 22.6 Å². The van der Waals surface area contributed by atoms with Crippen LogP contribution in [0.2, 0.25) is 0 Å². The summed E-state index contributed by atoms with van der Waals surface area (Å²) >= 11 is 2.46. The Labute approximate surface area is 177 Å². The highest BCUT2D eigenvalue weighted by atomic mass is 32.2. The SMILES string of the molecule is CSc1nsc(NC(=O)/C(C#N)=C\c2ccc(OCc3ccccc3C)cc2)n1. The lowest BCUT2D eigenvalue weighted by atomic mass is 10.1. The molecule has 146 valence electrons. The quantitative estimate of drug-likeness (QED) is 0.337. The molecule has 3 aromatic rings. The van der Waals surface area contributed by atoms with Crippen LogP contribution in [0, 0.1) is 18.3 Å². The average Bonchev–Trinajstić information content (AvgIpc) is 3.19. The lowest BCUT2D eigenvalue weighted by Gasteiger charge is -2.08. The molecule has 0 radical (unpaired) electrons. The molecule has 0 atom stereocenters. The lowest BCUT2D eigenvalue weighted by Crippen LogP contribution is -2.13. The van der Waals surface area contributed by atoms with Crippen molar-refractivity contribution in [2.24, 2.45) is 0 Å². The van der Waals surface area contributed by atoms with Crippen molar-refractivity contribution in [3.05, 3.63) is 70.8 Å². The molecule has 0 aliphatic carbocycles. The van der Waals surface area contributed by atoms with Gasteiger partial charge in [-0.3, -0.25) is 10.1 Å². The molecule has 0 fully saturated rings. The molecule has 0 saturated carbocycles. The Morgan fingerprint density at radius 2 is 2.03 bits per heavy atom. The van der Waals surface area contributed by atoms with Gasteiger partial charge in [-0.25, -0.2) is 0 Å². The maximum atomic E-state index is 12.3. The molecule has 1 aromatic heterocycles. The van der Waals surface area contributed by atoms with E-state index in [2.05, 4.69) is 14.7 Å². The molecule has 0 aliphatic rings. The summed E-state index contributed by atoms with van der Waals surface area (Å²) in [6.45, 7) is 2.53. The fraction of sp³-hybridized carbons (Fsp3) is 0.143. The van der Waals surface area contributed by atoms with Crippen molar-refractivity contribution in [2.45, 2.75) is 18.7 Å². The van der Waals surface area contributed by atoms with E-state index in [4.69, 9.17) is 4.74 Å². The fourth-order valence-corrected chi connectivity index (χ4v) is 3.54. The molecule has 29 heavy (non-hydrogen) atoms. The van der Waals surface area contributed by atoms with Gasteiger partial charge >= 0.3 is 0 Å². The number of benzene rings is 2. The number of nitrogens with one attached hydrogen (secondary N) is 1. The van der Waals surface area contributed by atoms with Gasteiger partial charge in [-0.1, -0.05) is 48.2 Å². The maximum Gasteiger partial charge on any atom is 0.268 e. The largest absolute Gasteiger partial charge is 0.489 e. The number of aryl methyl sites for hydroxylation is 1. The van der Waals surface area contributed by atoms with E-state index in [9.17, 15) is 10.1 Å². The Hall–Kier alpha value is -3.15. The van der Waals surface area contributed by atoms with Crippen molar-refractivity contribution in [1.82, 2.24) is 9.36 Å². The van der Waals surface area contributed by atoms with Gasteiger partial charge in [0, 0.05) is 11.5 Å². The molecule has 2 aromatic carbocycles. The average molecular weight is 423 g/mol. The Morgan fingerprint density at radius 3 is 2.69 bits per heavy atom. The van der Waals surface area contributed by atoms with E-state index >= 15 is 0 Å². The van der Waals surface area contributed by atoms with Gasteiger partial charge in [0.15, 0.2) is 0 Å². The topological polar surface area (TPSA) is 87.9 Å². The molecule has 1 amide bonds. The smallest absolute Gasteiger partial charge is 0.268 e. The number of thioether (sulfide) groups is 1. The number of hydrogen-bond acceptors (Lipinski definition) is 7. The van der Waals surface area contributed by atoms with Crippen molar-refractivity contribution < 1.29 is 9.53 Å². The second kappa shape index (κ2) is 9.87. The van der Waals surface area contributed by atoms with Gasteiger partial charge in [0.2, 0.25) is 10.3 Å². The molecule has 0 unspecified atom stereocenters. The van der Waals surface area contributed by atoms with Gasteiger partial charge in [-0.2, -0.15) is 14.6 Å². The first-order chi connectivity index (χ1) is 14.1. The zero-order chi connectivity index (χ0) is 20.6. The normalized spacial score (nSPS) is 11.0. The summed E-state index contributed by atoms with van der Waals surface area (Å²) in [6, 6.07) is 17.2. The second-order valence-corrected chi connectivity index (χ2v) is 7.52. The molecule has 1 N–H and O–H groups in total. The zero-order valence-corrected chi connectivity index (χ0v) is 17.5. The molecule has 3 rings (SSSR count). The van der Waals surface area contributed by atoms with Crippen molar-refractivity contribution >= 4 is 40.4 Å². The predicted octanol–water partition coefficient (Wildman–Crippen LogP) is 4.69. The summed E-state index contributed by atoms with van der Waals surface area (Å²) in [4.78, 5) is 16.5. The van der Waals surface area contributed by atoms with E-state index in [1.807, 2.05) is 55.6 Å². The summed E-state index contributed by atoms with van der Waals surface area (Å²) in [5.41, 5.74) is 3.01. The molecule has 0 bridgehead atoms. The Kier molecular flexibility index (Phi) is 7.00. The van der Waals surface area contributed by atoms with Crippen LogP contribution in [0.5, 0.6) is 5.75 Å². The highest BCUT2D eigenvalue weighted by Gasteiger charge is 2.12. The summed E-state index contributed by atoms with van der Waals surface area (Å²) < 4.78 is 9.89. The van der Waals surface area contributed by atoms with Gasteiger partial charge in [0.25, 0.3) is 5.91 Å². The number of rotatable bonds is 7. The van der Waals surface area contributed by atoms with E-state index in [-0.39, 0.29) is 5.57 Å². The molecular weight excluding hydrogens is 404 g/mol. The maximum absolute atomic E-state index is 12.3. The third-order valence-electron chi connectivity index (χ3n) is 4.02. The number of carbonyl (C=O) groups is 1. The highest BCUT2D eigenvalue weighted by Crippen LogP contribution is 2.20. The van der Waals surface area contributed by atoms with Gasteiger partial charge in [-0.05, 0) is 48.1 Å². The summed E-state index contributed by atoms with van der Waals surface area (Å²) in [5, 5.41) is 12.9. The van der Waals surface area contributed by atoms with Crippen LogP contribution < -0.4 is 10.1 Å². The summed E-state index contributed by atoms with van der Waals surface area (Å²) in [5.74, 6) is 0.197. The van der Waals surface area contributed by atoms with Crippen molar-refractivity contribution in [2.75, 3.05) is 11.6 Å². The van der Waals surface area contributed by atoms with E-state index in [1.165, 1.54) is 23.4 Å². The van der Waals surface area contributed by atoms with Crippen molar-refractivity contribution in [3.8, 4) is 11.8 Å². The second-order valence-electron chi connectivity index (χ2n) is 5.99. The Bertz CT molecular complexity index is 1070.